The first-order valence-corrected chi connectivity index (χ1v) is 8.05. The van der Waals surface area contributed by atoms with E-state index in [1.54, 1.807) is 6.07 Å². The molecule has 2 aromatic carbocycles. The number of nitrogens with zero attached hydrogens (tertiary/aromatic N) is 1. The molecule has 0 spiro atoms. The van der Waals surface area contributed by atoms with Crippen molar-refractivity contribution in [2.24, 2.45) is 0 Å². The Morgan fingerprint density at radius 3 is 2.43 bits per heavy atom. The maximum absolute atomic E-state index is 11.1. The van der Waals surface area contributed by atoms with Crippen molar-refractivity contribution < 1.29 is 4.92 Å². The number of nitro groups is 1. The Bertz CT molecular complexity index is 675. The van der Waals surface area contributed by atoms with E-state index in [4.69, 9.17) is 0 Å². The monoisotopic (exact) mass is 412 g/mol. The molecule has 0 amide bonds. The largest absolute Gasteiger partial charge is 0.380 e. The van der Waals surface area contributed by atoms with Gasteiger partial charge in [0, 0.05) is 32.8 Å². The zero-order valence-electron chi connectivity index (χ0n) is 11.4. The molecule has 4 nitrogen and oxygen atoms in total. The van der Waals surface area contributed by atoms with Crippen LogP contribution in [0, 0.1) is 10.1 Å². The van der Waals surface area contributed by atoms with Crippen molar-refractivity contribution in [3.63, 3.8) is 0 Å². The van der Waals surface area contributed by atoms with E-state index >= 15 is 0 Å². The lowest BCUT2D eigenvalue weighted by Crippen LogP contribution is -2.05. The van der Waals surface area contributed by atoms with Gasteiger partial charge in [-0.15, -0.1) is 0 Å². The Kier molecular flexibility index (Phi) is 5.36. The van der Waals surface area contributed by atoms with E-state index in [0.29, 0.717) is 16.6 Å². The molecule has 1 N–H and O–H groups in total. The first kappa shape index (κ1) is 16.0. The van der Waals surface area contributed by atoms with Gasteiger partial charge in [-0.25, -0.2) is 0 Å². The molecule has 2 aromatic rings. The third-order valence-corrected chi connectivity index (χ3v) is 4.15. The van der Waals surface area contributed by atoms with Gasteiger partial charge in [-0.1, -0.05) is 38.8 Å². The van der Waals surface area contributed by atoms with Gasteiger partial charge < -0.3 is 5.32 Å². The maximum Gasteiger partial charge on any atom is 0.275 e. The average Bonchev–Trinajstić information content (AvgIpc) is 2.46. The number of rotatable bonds is 5. The number of nitrogens with one attached hydrogen (secondary N) is 1. The zero-order valence-corrected chi connectivity index (χ0v) is 14.6. The highest BCUT2D eigenvalue weighted by Crippen LogP contribution is 2.26. The summed E-state index contributed by atoms with van der Waals surface area (Å²) in [5, 5.41) is 14.4. The van der Waals surface area contributed by atoms with Crippen molar-refractivity contribution in [2.75, 3.05) is 5.32 Å². The maximum atomic E-state index is 11.1. The first-order valence-electron chi connectivity index (χ1n) is 6.46. The van der Waals surface area contributed by atoms with Gasteiger partial charge in [0.1, 0.15) is 0 Å². The topological polar surface area (TPSA) is 55.2 Å². The minimum Gasteiger partial charge on any atom is -0.380 e. The molecule has 0 aliphatic heterocycles. The lowest BCUT2D eigenvalue weighted by Gasteiger charge is -2.12. The van der Waals surface area contributed by atoms with Crippen molar-refractivity contribution in [3.05, 3.63) is 66.6 Å². The molecule has 0 saturated carbocycles. The Morgan fingerprint density at radius 2 is 1.76 bits per heavy atom. The van der Waals surface area contributed by atoms with Gasteiger partial charge in [0.05, 0.1) is 4.92 Å². The molecule has 2 rings (SSSR count). The second-order valence-corrected chi connectivity index (χ2v) is 6.37. The van der Waals surface area contributed by atoms with E-state index in [1.807, 2.05) is 18.2 Å². The number of hydrogen-bond donors (Lipinski definition) is 1. The molecule has 0 atom stereocenters. The number of anilines is 1. The summed E-state index contributed by atoms with van der Waals surface area (Å²) in [5.74, 6) is 0. The van der Waals surface area contributed by atoms with Crippen LogP contribution in [0.25, 0.3) is 0 Å². The molecule has 0 bridgehead atoms. The highest BCUT2D eigenvalue weighted by molar-refractivity contribution is 9.10. The van der Waals surface area contributed by atoms with Gasteiger partial charge in [-0.05, 0) is 42.3 Å². The van der Waals surface area contributed by atoms with Crippen molar-refractivity contribution in [1.82, 2.24) is 0 Å². The summed E-state index contributed by atoms with van der Waals surface area (Å²) in [7, 11) is 0. The summed E-state index contributed by atoms with van der Waals surface area (Å²) < 4.78 is 1.73. The van der Waals surface area contributed by atoms with Crippen LogP contribution in [0.4, 0.5) is 11.4 Å². The van der Waals surface area contributed by atoms with Gasteiger partial charge in [0.15, 0.2) is 0 Å². The van der Waals surface area contributed by atoms with Gasteiger partial charge in [-0.2, -0.15) is 0 Å². The fourth-order valence-electron chi connectivity index (χ4n) is 2.07. The van der Waals surface area contributed by atoms with E-state index in [2.05, 4.69) is 50.2 Å². The third-order valence-electron chi connectivity index (χ3n) is 3.16. The Morgan fingerprint density at radius 1 is 1.10 bits per heavy atom. The molecular formula is C15H14Br2N2O2. The fourth-order valence-corrected chi connectivity index (χ4v) is 2.83. The molecule has 21 heavy (non-hydrogen) atoms. The zero-order chi connectivity index (χ0) is 15.4. The van der Waals surface area contributed by atoms with Crippen LogP contribution in [0.3, 0.4) is 0 Å². The molecule has 0 aliphatic rings. The number of aryl methyl sites for hydroxylation is 1. The molecule has 0 fully saturated rings. The van der Waals surface area contributed by atoms with E-state index in [-0.39, 0.29) is 10.6 Å². The molecule has 6 heteroatoms. The number of nitro benzene ring substituents is 1. The fraction of sp³-hybridized carbons (Fsp3) is 0.200. The smallest absolute Gasteiger partial charge is 0.275 e. The standard InChI is InChI=1S/C15H14Br2N2O2/c1-2-10-7-12(16)5-6-14(10)18-9-11-3-4-13(17)8-15(11)19(20)21/h3-8,18H,2,9H2,1H3. The summed E-state index contributed by atoms with van der Waals surface area (Å²) >= 11 is 6.71. The molecule has 0 unspecified atom stereocenters. The van der Waals surface area contributed by atoms with Crippen LogP contribution in [0.5, 0.6) is 0 Å². The molecule has 0 aromatic heterocycles. The lowest BCUT2D eigenvalue weighted by atomic mass is 10.1. The Labute approximate surface area is 140 Å². The van der Waals surface area contributed by atoms with Crippen molar-refractivity contribution in [1.29, 1.82) is 0 Å². The summed E-state index contributed by atoms with van der Waals surface area (Å²) in [4.78, 5) is 10.7. The van der Waals surface area contributed by atoms with E-state index in [0.717, 1.165) is 16.6 Å². The molecule has 0 aliphatic carbocycles. The van der Waals surface area contributed by atoms with Crippen LogP contribution in [-0.4, -0.2) is 4.92 Å². The summed E-state index contributed by atoms with van der Waals surface area (Å²) in [5.41, 5.74) is 2.95. The predicted octanol–water partition coefficient (Wildman–Crippen LogP) is 5.29. The van der Waals surface area contributed by atoms with E-state index in [1.165, 1.54) is 11.6 Å². The van der Waals surface area contributed by atoms with E-state index in [9.17, 15) is 10.1 Å². The highest BCUT2D eigenvalue weighted by Gasteiger charge is 2.14. The molecular weight excluding hydrogens is 400 g/mol. The Hall–Kier alpha value is -1.40. The van der Waals surface area contributed by atoms with Crippen LogP contribution in [0.15, 0.2) is 45.3 Å². The van der Waals surface area contributed by atoms with Crippen LogP contribution in [0.1, 0.15) is 18.1 Å². The van der Waals surface area contributed by atoms with Gasteiger partial charge in [-0.3, -0.25) is 10.1 Å². The van der Waals surface area contributed by atoms with Crippen molar-refractivity contribution in [2.45, 2.75) is 19.9 Å². The van der Waals surface area contributed by atoms with Crippen LogP contribution < -0.4 is 5.32 Å². The SMILES string of the molecule is CCc1cc(Br)ccc1NCc1ccc(Br)cc1[N+](=O)[O-]. The predicted molar refractivity (Wildman–Crippen MR) is 91.6 cm³/mol. The van der Waals surface area contributed by atoms with Crippen LogP contribution in [0.2, 0.25) is 0 Å². The second kappa shape index (κ2) is 7.04. The van der Waals surface area contributed by atoms with Crippen molar-refractivity contribution >= 4 is 43.2 Å². The summed E-state index contributed by atoms with van der Waals surface area (Å²) in [6, 6.07) is 11.1. The highest BCUT2D eigenvalue weighted by atomic mass is 79.9. The van der Waals surface area contributed by atoms with Crippen molar-refractivity contribution in [3.8, 4) is 0 Å². The molecule has 0 radical (unpaired) electrons. The van der Waals surface area contributed by atoms with Gasteiger partial charge in [0.2, 0.25) is 0 Å². The quantitative estimate of drug-likeness (QED) is 0.534. The number of hydrogen-bond acceptors (Lipinski definition) is 3. The minimum absolute atomic E-state index is 0.118. The van der Waals surface area contributed by atoms with Crippen LogP contribution >= 0.6 is 31.9 Å². The molecule has 0 heterocycles. The van der Waals surface area contributed by atoms with Gasteiger partial charge in [0.25, 0.3) is 5.69 Å². The average molecular weight is 414 g/mol. The number of benzene rings is 2. The van der Waals surface area contributed by atoms with E-state index < -0.39 is 0 Å². The third kappa shape index (κ3) is 4.04. The lowest BCUT2D eigenvalue weighted by molar-refractivity contribution is -0.385. The minimum atomic E-state index is -0.357. The second-order valence-electron chi connectivity index (χ2n) is 4.54. The molecule has 110 valence electrons. The van der Waals surface area contributed by atoms with Crippen LogP contribution in [-0.2, 0) is 13.0 Å². The summed E-state index contributed by atoms with van der Waals surface area (Å²) in [6.45, 7) is 2.49. The number of halogens is 2. The normalized spacial score (nSPS) is 10.4. The van der Waals surface area contributed by atoms with Gasteiger partial charge >= 0.3 is 0 Å². The first-order chi connectivity index (χ1) is 10.0. The Balaban J connectivity index is 2.22. The summed E-state index contributed by atoms with van der Waals surface area (Å²) in [6.07, 6.45) is 0.893. The molecule has 0 saturated heterocycles.